The van der Waals surface area contributed by atoms with Crippen molar-refractivity contribution in [1.29, 1.82) is 0 Å². The van der Waals surface area contributed by atoms with E-state index in [4.69, 9.17) is 4.74 Å². The first-order valence-corrected chi connectivity index (χ1v) is 5.95. The van der Waals surface area contributed by atoms with Gasteiger partial charge in [0.2, 0.25) is 0 Å². The van der Waals surface area contributed by atoms with Gasteiger partial charge in [0.25, 0.3) is 0 Å². The largest absolute Gasteiger partial charge is 0.374 e. The first-order chi connectivity index (χ1) is 7.24. The second-order valence-electron chi connectivity index (χ2n) is 4.86. The van der Waals surface area contributed by atoms with Gasteiger partial charge < -0.3 is 14.5 Å². The summed E-state index contributed by atoms with van der Waals surface area (Å²) in [7, 11) is 4.38. The zero-order valence-electron chi connectivity index (χ0n) is 9.98. The molecule has 2 heterocycles. The maximum Gasteiger partial charge on any atom is 0.0829 e. The Morgan fingerprint density at radius 1 is 1.00 bits per heavy atom. The molecule has 0 aromatic heterocycles. The summed E-state index contributed by atoms with van der Waals surface area (Å²) < 4.78 is 5.78. The van der Waals surface area contributed by atoms with E-state index >= 15 is 0 Å². The van der Waals surface area contributed by atoms with Crippen molar-refractivity contribution in [3.63, 3.8) is 0 Å². The van der Waals surface area contributed by atoms with E-state index in [0.29, 0.717) is 6.10 Å². The third-order valence-electron chi connectivity index (χ3n) is 3.40. The SMILES string of the molecule is CN1CCN(CC2CN(C)CCO2)CC1. The Morgan fingerprint density at radius 2 is 1.73 bits per heavy atom. The normalized spacial score (nSPS) is 32.0. The summed E-state index contributed by atoms with van der Waals surface area (Å²) in [6.45, 7) is 8.96. The quantitative estimate of drug-likeness (QED) is 0.619. The highest BCUT2D eigenvalue weighted by atomic mass is 16.5. The maximum atomic E-state index is 5.78. The summed E-state index contributed by atoms with van der Waals surface area (Å²) in [5.41, 5.74) is 0. The highest BCUT2D eigenvalue weighted by molar-refractivity contribution is 4.76. The molecule has 2 saturated heterocycles. The second kappa shape index (κ2) is 5.25. The fourth-order valence-electron chi connectivity index (χ4n) is 2.30. The lowest BCUT2D eigenvalue weighted by atomic mass is 10.2. The maximum absolute atomic E-state index is 5.78. The van der Waals surface area contributed by atoms with Crippen molar-refractivity contribution < 1.29 is 4.74 Å². The van der Waals surface area contributed by atoms with Crippen LogP contribution in [0.15, 0.2) is 0 Å². The smallest absolute Gasteiger partial charge is 0.0829 e. The predicted octanol–water partition coefficient (Wildman–Crippen LogP) is -0.436. The van der Waals surface area contributed by atoms with Crippen molar-refractivity contribution in [2.45, 2.75) is 6.10 Å². The molecule has 1 atom stereocenters. The third kappa shape index (κ3) is 3.41. The molecular formula is C11H23N3O. The van der Waals surface area contributed by atoms with Gasteiger partial charge in [0.15, 0.2) is 0 Å². The number of morpholine rings is 1. The fraction of sp³-hybridized carbons (Fsp3) is 1.00. The molecule has 0 bridgehead atoms. The van der Waals surface area contributed by atoms with E-state index in [1.54, 1.807) is 0 Å². The van der Waals surface area contributed by atoms with Crippen LogP contribution in [0.3, 0.4) is 0 Å². The van der Waals surface area contributed by atoms with Crippen molar-refractivity contribution in [3.05, 3.63) is 0 Å². The minimum atomic E-state index is 0.423. The fourth-order valence-corrected chi connectivity index (χ4v) is 2.30. The van der Waals surface area contributed by atoms with Gasteiger partial charge >= 0.3 is 0 Å². The van der Waals surface area contributed by atoms with Gasteiger partial charge in [-0.05, 0) is 14.1 Å². The molecule has 1 unspecified atom stereocenters. The van der Waals surface area contributed by atoms with E-state index in [-0.39, 0.29) is 0 Å². The molecule has 2 aliphatic heterocycles. The van der Waals surface area contributed by atoms with Gasteiger partial charge in [-0.25, -0.2) is 0 Å². The molecule has 0 spiro atoms. The molecule has 0 aliphatic carbocycles. The molecule has 0 amide bonds. The number of hydrogen-bond acceptors (Lipinski definition) is 4. The zero-order chi connectivity index (χ0) is 10.7. The number of hydrogen-bond donors (Lipinski definition) is 0. The average molecular weight is 213 g/mol. The number of likely N-dealkylation sites (N-methyl/N-ethyl adjacent to an activating group) is 2. The van der Waals surface area contributed by atoms with E-state index in [2.05, 4.69) is 28.8 Å². The molecule has 2 rings (SSSR count). The monoisotopic (exact) mass is 213 g/mol. The van der Waals surface area contributed by atoms with Crippen molar-refractivity contribution in [2.75, 3.05) is 66.5 Å². The molecule has 4 heteroatoms. The van der Waals surface area contributed by atoms with Gasteiger partial charge in [-0.2, -0.15) is 0 Å². The number of ether oxygens (including phenoxy) is 1. The third-order valence-corrected chi connectivity index (χ3v) is 3.40. The van der Waals surface area contributed by atoms with Crippen molar-refractivity contribution in [1.82, 2.24) is 14.7 Å². The zero-order valence-corrected chi connectivity index (χ0v) is 9.98. The van der Waals surface area contributed by atoms with Crippen LogP contribution in [0, 0.1) is 0 Å². The van der Waals surface area contributed by atoms with Crippen LogP contribution in [0.2, 0.25) is 0 Å². The summed E-state index contributed by atoms with van der Waals surface area (Å²) in [5, 5.41) is 0. The van der Waals surface area contributed by atoms with Crippen molar-refractivity contribution >= 4 is 0 Å². The number of rotatable bonds is 2. The Kier molecular flexibility index (Phi) is 3.97. The minimum absolute atomic E-state index is 0.423. The summed E-state index contributed by atoms with van der Waals surface area (Å²) in [5.74, 6) is 0. The van der Waals surface area contributed by atoms with Crippen LogP contribution in [-0.4, -0.2) is 87.3 Å². The summed E-state index contributed by atoms with van der Waals surface area (Å²) >= 11 is 0. The van der Waals surface area contributed by atoms with Crippen molar-refractivity contribution in [3.8, 4) is 0 Å². The summed E-state index contributed by atoms with van der Waals surface area (Å²) in [6, 6.07) is 0. The van der Waals surface area contributed by atoms with E-state index in [1.165, 1.54) is 26.2 Å². The molecular weight excluding hydrogens is 190 g/mol. The van der Waals surface area contributed by atoms with Gasteiger partial charge in [0, 0.05) is 45.8 Å². The first-order valence-electron chi connectivity index (χ1n) is 5.95. The van der Waals surface area contributed by atoms with Crippen LogP contribution in [0.1, 0.15) is 0 Å². The van der Waals surface area contributed by atoms with Gasteiger partial charge in [-0.15, -0.1) is 0 Å². The Bertz CT molecular complexity index is 192. The van der Waals surface area contributed by atoms with E-state index in [0.717, 1.165) is 26.2 Å². The van der Waals surface area contributed by atoms with Crippen LogP contribution in [0.5, 0.6) is 0 Å². The minimum Gasteiger partial charge on any atom is -0.374 e. The lowest BCUT2D eigenvalue weighted by Gasteiger charge is -2.37. The molecule has 0 saturated carbocycles. The van der Waals surface area contributed by atoms with Crippen LogP contribution < -0.4 is 0 Å². The predicted molar refractivity (Wildman–Crippen MR) is 61.2 cm³/mol. The molecule has 2 fully saturated rings. The summed E-state index contributed by atoms with van der Waals surface area (Å²) in [6.07, 6.45) is 0.423. The lowest BCUT2D eigenvalue weighted by Crippen LogP contribution is -2.51. The van der Waals surface area contributed by atoms with Gasteiger partial charge in [0.1, 0.15) is 0 Å². The lowest BCUT2D eigenvalue weighted by molar-refractivity contribution is -0.0401. The molecule has 0 N–H and O–H groups in total. The Hall–Kier alpha value is -0.160. The molecule has 4 nitrogen and oxygen atoms in total. The second-order valence-corrected chi connectivity index (χ2v) is 4.86. The Balaban J connectivity index is 1.71. The van der Waals surface area contributed by atoms with Crippen LogP contribution >= 0.6 is 0 Å². The first kappa shape index (κ1) is 11.3. The highest BCUT2D eigenvalue weighted by Crippen LogP contribution is 2.07. The molecule has 0 aromatic carbocycles. The Labute approximate surface area is 92.8 Å². The topological polar surface area (TPSA) is 19.0 Å². The van der Waals surface area contributed by atoms with Crippen LogP contribution in [0.25, 0.3) is 0 Å². The highest BCUT2D eigenvalue weighted by Gasteiger charge is 2.22. The van der Waals surface area contributed by atoms with E-state index in [1.807, 2.05) is 0 Å². The van der Waals surface area contributed by atoms with Crippen LogP contribution in [0.4, 0.5) is 0 Å². The molecule has 15 heavy (non-hydrogen) atoms. The van der Waals surface area contributed by atoms with Gasteiger partial charge in [0.05, 0.1) is 12.7 Å². The molecule has 2 aliphatic rings. The molecule has 88 valence electrons. The van der Waals surface area contributed by atoms with E-state index < -0.39 is 0 Å². The van der Waals surface area contributed by atoms with E-state index in [9.17, 15) is 0 Å². The number of nitrogens with zero attached hydrogens (tertiary/aromatic N) is 3. The van der Waals surface area contributed by atoms with Gasteiger partial charge in [-0.3, -0.25) is 4.90 Å². The average Bonchev–Trinajstić information content (AvgIpc) is 2.22. The molecule has 0 aromatic rings. The standard InChI is InChI=1S/C11H23N3O/c1-12-3-5-14(6-4-12)10-11-9-13(2)7-8-15-11/h11H,3-10H2,1-2H3. The van der Waals surface area contributed by atoms with Crippen LogP contribution in [-0.2, 0) is 4.74 Å². The summed E-state index contributed by atoms with van der Waals surface area (Å²) in [4.78, 5) is 7.29. The number of piperazine rings is 1. The van der Waals surface area contributed by atoms with Crippen molar-refractivity contribution in [2.24, 2.45) is 0 Å². The molecule has 0 radical (unpaired) electrons. The van der Waals surface area contributed by atoms with Gasteiger partial charge in [-0.1, -0.05) is 0 Å². The Morgan fingerprint density at radius 3 is 2.40 bits per heavy atom.